The Morgan fingerprint density at radius 2 is 1.84 bits per heavy atom. The molecule has 0 saturated heterocycles. The molecule has 0 unspecified atom stereocenters. The van der Waals surface area contributed by atoms with Crippen molar-refractivity contribution in [2.24, 2.45) is 0 Å². The van der Waals surface area contributed by atoms with Crippen molar-refractivity contribution < 1.29 is 9.59 Å². The van der Waals surface area contributed by atoms with Gasteiger partial charge in [0.1, 0.15) is 5.69 Å². The number of pyridine rings is 2. The zero-order valence-corrected chi connectivity index (χ0v) is 16.9. The summed E-state index contributed by atoms with van der Waals surface area (Å²) >= 11 is 0. The molecule has 3 heterocycles. The Kier molecular flexibility index (Phi) is 5.84. The summed E-state index contributed by atoms with van der Waals surface area (Å²) in [4.78, 5) is 33.4. The summed E-state index contributed by atoms with van der Waals surface area (Å²) < 4.78 is 1.42. The fraction of sp³-hybridized carbons (Fsp3) is 0.136. The standard InChI is InChI=1S/C22H21N7O2/c1-2-24-22(31)27-21-26-19-12-17(16-9-6-10-23-14-16)11-18(29(19)28-21)20(30)25-13-15-7-4-3-5-8-15/h3-12,14H,2,13H2,1H3,(H,25,30)(H2,24,27,28,31). The maximum atomic E-state index is 13.0. The van der Waals surface area contributed by atoms with Crippen LogP contribution in [0.25, 0.3) is 16.8 Å². The summed E-state index contributed by atoms with van der Waals surface area (Å²) in [5, 5.41) is 12.4. The number of carbonyl (C=O) groups is 2. The van der Waals surface area contributed by atoms with Gasteiger partial charge in [0.25, 0.3) is 11.9 Å². The highest BCUT2D eigenvalue weighted by molar-refractivity contribution is 5.95. The second-order valence-corrected chi connectivity index (χ2v) is 6.73. The number of rotatable bonds is 6. The SMILES string of the molecule is CCNC(=O)Nc1nc2cc(-c3cccnc3)cc(C(=O)NCc3ccccc3)n2n1. The van der Waals surface area contributed by atoms with Gasteiger partial charge in [0.2, 0.25) is 0 Å². The lowest BCUT2D eigenvalue weighted by Gasteiger charge is -2.09. The van der Waals surface area contributed by atoms with Crippen LogP contribution in [-0.2, 0) is 6.54 Å². The molecule has 9 nitrogen and oxygen atoms in total. The summed E-state index contributed by atoms with van der Waals surface area (Å²) in [6.07, 6.45) is 3.39. The van der Waals surface area contributed by atoms with Gasteiger partial charge in [0.15, 0.2) is 5.65 Å². The molecule has 1 aromatic carbocycles. The molecule has 156 valence electrons. The molecule has 3 N–H and O–H groups in total. The quantitative estimate of drug-likeness (QED) is 0.448. The number of urea groups is 1. The van der Waals surface area contributed by atoms with Gasteiger partial charge < -0.3 is 10.6 Å². The average molecular weight is 415 g/mol. The lowest BCUT2D eigenvalue weighted by Crippen LogP contribution is -2.28. The van der Waals surface area contributed by atoms with E-state index in [1.165, 1.54) is 4.52 Å². The van der Waals surface area contributed by atoms with Crippen molar-refractivity contribution in [2.75, 3.05) is 11.9 Å². The fourth-order valence-corrected chi connectivity index (χ4v) is 3.07. The van der Waals surface area contributed by atoms with Crippen LogP contribution in [0.4, 0.5) is 10.7 Å². The molecule has 0 spiro atoms. The number of aromatic nitrogens is 4. The van der Waals surface area contributed by atoms with E-state index in [0.29, 0.717) is 24.4 Å². The molecular weight excluding hydrogens is 394 g/mol. The Labute approximate surface area is 178 Å². The zero-order chi connectivity index (χ0) is 21.6. The first-order chi connectivity index (χ1) is 15.1. The Bertz CT molecular complexity index is 1210. The zero-order valence-electron chi connectivity index (χ0n) is 16.9. The van der Waals surface area contributed by atoms with Gasteiger partial charge in [-0.25, -0.2) is 9.31 Å². The minimum Gasteiger partial charge on any atom is -0.347 e. The van der Waals surface area contributed by atoms with Crippen molar-refractivity contribution in [2.45, 2.75) is 13.5 Å². The molecular formula is C22H21N7O2. The molecule has 0 fully saturated rings. The number of benzene rings is 1. The average Bonchev–Trinajstić information content (AvgIpc) is 3.20. The second-order valence-electron chi connectivity index (χ2n) is 6.73. The first kappa shape index (κ1) is 20.0. The number of nitrogens with zero attached hydrogens (tertiary/aromatic N) is 4. The second kappa shape index (κ2) is 9.04. The lowest BCUT2D eigenvalue weighted by atomic mass is 10.1. The molecule has 3 aromatic heterocycles. The van der Waals surface area contributed by atoms with Crippen LogP contribution >= 0.6 is 0 Å². The van der Waals surface area contributed by atoms with Gasteiger partial charge in [-0.15, -0.1) is 5.10 Å². The van der Waals surface area contributed by atoms with Crippen LogP contribution in [0.3, 0.4) is 0 Å². The predicted molar refractivity (Wildman–Crippen MR) is 117 cm³/mol. The van der Waals surface area contributed by atoms with Gasteiger partial charge in [-0.1, -0.05) is 36.4 Å². The van der Waals surface area contributed by atoms with E-state index < -0.39 is 6.03 Å². The van der Waals surface area contributed by atoms with E-state index in [0.717, 1.165) is 16.7 Å². The first-order valence-corrected chi connectivity index (χ1v) is 9.82. The fourth-order valence-electron chi connectivity index (χ4n) is 3.07. The van der Waals surface area contributed by atoms with Crippen molar-refractivity contribution >= 4 is 23.5 Å². The number of carbonyl (C=O) groups excluding carboxylic acids is 2. The summed E-state index contributed by atoms with van der Waals surface area (Å²) in [5.41, 5.74) is 3.31. The number of hydrogen-bond donors (Lipinski definition) is 3. The van der Waals surface area contributed by atoms with Crippen LogP contribution in [0.15, 0.2) is 67.0 Å². The van der Waals surface area contributed by atoms with E-state index in [1.807, 2.05) is 49.4 Å². The highest BCUT2D eigenvalue weighted by atomic mass is 16.2. The molecule has 4 rings (SSSR count). The van der Waals surface area contributed by atoms with Crippen molar-refractivity contribution in [1.29, 1.82) is 0 Å². The van der Waals surface area contributed by atoms with E-state index in [1.54, 1.807) is 24.5 Å². The molecule has 3 amide bonds. The Morgan fingerprint density at radius 3 is 2.58 bits per heavy atom. The Hall–Kier alpha value is -4.27. The molecule has 0 aliphatic carbocycles. The molecule has 9 heteroatoms. The van der Waals surface area contributed by atoms with E-state index >= 15 is 0 Å². The van der Waals surface area contributed by atoms with Crippen LogP contribution in [-0.4, -0.2) is 38.1 Å². The van der Waals surface area contributed by atoms with Gasteiger partial charge in [0.05, 0.1) is 0 Å². The maximum absolute atomic E-state index is 13.0. The van der Waals surface area contributed by atoms with Crippen molar-refractivity contribution in [3.8, 4) is 11.1 Å². The predicted octanol–water partition coefficient (Wildman–Crippen LogP) is 2.86. The van der Waals surface area contributed by atoms with Crippen molar-refractivity contribution in [3.05, 3.63) is 78.2 Å². The molecule has 0 radical (unpaired) electrons. The normalized spacial score (nSPS) is 10.6. The number of nitrogens with one attached hydrogen (secondary N) is 3. The third-order valence-electron chi connectivity index (χ3n) is 4.52. The number of fused-ring (bicyclic) bond motifs is 1. The number of hydrogen-bond acceptors (Lipinski definition) is 5. The highest BCUT2D eigenvalue weighted by Gasteiger charge is 2.17. The minimum absolute atomic E-state index is 0.103. The third-order valence-corrected chi connectivity index (χ3v) is 4.52. The molecule has 0 aliphatic heterocycles. The molecule has 0 atom stereocenters. The number of anilines is 1. The maximum Gasteiger partial charge on any atom is 0.321 e. The smallest absolute Gasteiger partial charge is 0.321 e. The molecule has 0 bridgehead atoms. The number of amides is 3. The van der Waals surface area contributed by atoms with Crippen molar-refractivity contribution in [3.63, 3.8) is 0 Å². The van der Waals surface area contributed by atoms with E-state index in [2.05, 4.69) is 31.0 Å². The summed E-state index contributed by atoms with van der Waals surface area (Å²) in [5.74, 6) is -0.208. The van der Waals surface area contributed by atoms with Gasteiger partial charge >= 0.3 is 6.03 Å². The molecule has 0 saturated carbocycles. The summed E-state index contributed by atoms with van der Waals surface area (Å²) in [6, 6.07) is 16.5. The molecule has 4 aromatic rings. The third kappa shape index (κ3) is 4.67. The van der Waals surface area contributed by atoms with Crippen LogP contribution in [0.2, 0.25) is 0 Å². The van der Waals surface area contributed by atoms with E-state index in [9.17, 15) is 9.59 Å². The van der Waals surface area contributed by atoms with Crippen LogP contribution in [0.5, 0.6) is 0 Å². The highest BCUT2D eigenvalue weighted by Crippen LogP contribution is 2.22. The van der Waals surface area contributed by atoms with Crippen LogP contribution in [0, 0.1) is 0 Å². The van der Waals surface area contributed by atoms with Gasteiger partial charge in [-0.05, 0) is 36.2 Å². The largest absolute Gasteiger partial charge is 0.347 e. The minimum atomic E-state index is -0.416. The van der Waals surface area contributed by atoms with Crippen LogP contribution in [0.1, 0.15) is 23.0 Å². The Balaban J connectivity index is 1.70. The van der Waals surface area contributed by atoms with Crippen molar-refractivity contribution in [1.82, 2.24) is 30.2 Å². The van der Waals surface area contributed by atoms with Gasteiger partial charge in [-0.3, -0.25) is 15.1 Å². The Morgan fingerprint density at radius 1 is 1.00 bits per heavy atom. The van der Waals surface area contributed by atoms with Gasteiger partial charge in [-0.2, -0.15) is 4.98 Å². The van der Waals surface area contributed by atoms with E-state index in [-0.39, 0.29) is 11.9 Å². The van der Waals surface area contributed by atoms with Gasteiger partial charge in [0, 0.05) is 31.0 Å². The topological polar surface area (TPSA) is 113 Å². The first-order valence-electron chi connectivity index (χ1n) is 9.82. The monoisotopic (exact) mass is 415 g/mol. The summed E-state index contributed by atoms with van der Waals surface area (Å²) in [6.45, 7) is 2.65. The van der Waals surface area contributed by atoms with E-state index in [4.69, 9.17) is 0 Å². The summed E-state index contributed by atoms with van der Waals surface area (Å²) in [7, 11) is 0. The van der Waals surface area contributed by atoms with Crippen LogP contribution < -0.4 is 16.0 Å². The molecule has 31 heavy (non-hydrogen) atoms. The lowest BCUT2D eigenvalue weighted by molar-refractivity contribution is 0.0943. The molecule has 0 aliphatic rings.